The Hall–Kier alpha value is -8.98. The highest BCUT2D eigenvalue weighted by Crippen LogP contribution is 2.45. The third-order valence-electron chi connectivity index (χ3n) is 13.2. The van der Waals surface area contributed by atoms with E-state index in [4.69, 9.17) is 4.42 Å². The number of furan rings is 1. The largest absolute Gasteiger partial charge is 0.455 e. The lowest BCUT2D eigenvalue weighted by Gasteiger charge is -2.26. The predicted molar refractivity (Wildman–Crippen MR) is 286 cm³/mol. The van der Waals surface area contributed by atoms with E-state index < -0.39 is 0 Å². The summed E-state index contributed by atoms with van der Waals surface area (Å²) in [6.45, 7) is 0. The molecule has 0 unspecified atom stereocenters. The molecule has 0 spiro atoms. The highest BCUT2D eigenvalue weighted by Gasteiger charge is 2.20. The number of para-hydroxylation sites is 2. The van der Waals surface area contributed by atoms with E-state index in [9.17, 15) is 0 Å². The lowest BCUT2D eigenvalue weighted by molar-refractivity contribution is 0.670. The molecule has 320 valence electrons. The van der Waals surface area contributed by atoms with E-state index >= 15 is 0 Å². The minimum Gasteiger partial charge on any atom is -0.455 e. The van der Waals surface area contributed by atoms with Gasteiger partial charge in [0, 0.05) is 33.4 Å². The summed E-state index contributed by atoms with van der Waals surface area (Å²) in [5, 5.41) is 2.25. The number of fused-ring (bicyclic) bond motifs is 3. The van der Waals surface area contributed by atoms with Crippen LogP contribution in [0.2, 0.25) is 0 Å². The van der Waals surface area contributed by atoms with Gasteiger partial charge in [-0.3, -0.25) is 0 Å². The summed E-state index contributed by atoms with van der Waals surface area (Å²) >= 11 is 0. The van der Waals surface area contributed by atoms with Crippen molar-refractivity contribution in [3.63, 3.8) is 0 Å². The summed E-state index contributed by atoms with van der Waals surface area (Å²) in [5.41, 5.74) is 21.5. The van der Waals surface area contributed by atoms with E-state index in [-0.39, 0.29) is 0 Å². The van der Waals surface area contributed by atoms with Crippen LogP contribution in [0.1, 0.15) is 0 Å². The Morgan fingerprint density at radius 1 is 0.221 bits per heavy atom. The van der Waals surface area contributed by atoms with Gasteiger partial charge in [0.1, 0.15) is 11.2 Å². The first-order chi connectivity index (χ1) is 33.7. The van der Waals surface area contributed by atoms with Crippen LogP contribution in [0.3, 0.4) is 0 Å². The number of nitrogens with zero attached hydrogens (tertiary/aromatic N) is 1. The molecule has 1 heterocycles. The molecule has 0 fully saturated rings. The summed E-state index contributed by atoms with van der Waals surface area (Å²) < 4.78 is 6.47. The van der Waals surface area contributed by atoms with Gasteiger partial charge in [0.15, 0.2) is 0 Å². The summed E-state index contributed by atoms with van der Waals surface area (Å²) in [6, 6.07) is 98.0. The second kappa shape index (κ2) is 17.8. The van der Waals surface area contributed by atoms with E-state index in [0.29, 0.717) is 0 Å². The molecule has 0 amide bonds. The van der Waals surface area contributed by atoms with Crippen molar-refractivity contribution in [3.05, 3.63) is 273 Å². The fraction of sp³-hybridized carbons (Fsp3) is 0. The summed E-state index contributed by atoms with van der Waals surface area (Å²) in [6.07, 6.45) is 0. The van der Waals surface area contributed by atoms with Gasteiger partial charge in [-0.25, -0.2) is 0 Å². The van der Waals surface area contributed by atoms with E-state index in [2.05, 4.69) is 266 Å². The molecule has 0 saturated heterocycles. The average molecular weight is 868 g/mol. The molecule has 0 aliphatic heterocycles. The Morgan fingerprint density at radius 2 is 0.559 bits per heavy atom. The number of hydrogen-bond acceptors (Lipinski definition) is 2. The van der Waals surface area contributed by atoms with Crippen molar-refractivity contribution in [2.75, 3.05) is 4.90 Å². The summed E-state index contributed by atoms with van der Waals surface area (Å²) in [7, 11) is 0. The molecule has 1 aromatic heterocycles. The van der Waals surface area contributed by atoms with Crippen LogP contribution in [0.15, 0.2) is 277 Å². The lowest BCUT2D eigenvalue weighted by Crippen LogP contribution is -2.09. The Balaban J connectivity index is 0.952. The summed E-state index contributed by atoms with van der Waals surface area (Å²) in [5.74, 6) is 0. The molecule has 2 nitrogen and oxygen atoms in total. The third-order valence-corrected chi connectivity index (χ3v) is 13.2. The van der Waals surface area contributed by atoms with Crippen LogP contribution in [0.4, 0.5) is 17.1 Å². The van der Waals surface area contributed by atoms with Gasteiger partial charge < -0.3 is 9.32 Å². The SMILES string of the molecule is c1ccc(-c2ccc(-c3ccc(N(c4ccc(-c5cccc(-c6ccccc6)c5-c5ccccc5-c5ccccc5)cc4)c4ccc(-c5cccc6c5oc5ccccc56)cc4)cc3)cc2)cc1. The molecule has 0 saturated carbocycles. The molecule has 0 radical (unpaired) electrons. The normalized spacial score (nSPS) is 11.2. The van der Waals surface area contributed by atoms with E-state index in [1.165, 1.54) is 61.2 Å². The zero-order valence-corrected chi connectivity index (χ0v) is 37.3. The molecule has 12 rings (SSSR count). The maximum atomic E-state index is 6.47. The minimum absolute atomic E-state index is 0.899. The first-order valence-electron chi connectivity index (χ1n) is 23.2. The maximum absolute atomic E-state index is 6.47. The molecular formula is C66H45NO. The van der Waals surface area contributed by atoms with Gasteiger partial charge in [-0.05, 0) is 115 Å². The quantitative estimate of drug-likeness (QED) is 0.136. The number of hydrogen-bond donors (Lipinski definition) is 0. The Bertz CT molecular complexity index is 3670. The molecule has 2 heteroatoms. The second-order valence-electron chi connectivity index (χ2n) is 17.2. The standard InChI is InChI=1S/C66H45NO/c1-4-16-46(17-5-1)47-30-32-48(33-31-47)49-34-40-54(41-35-49)67(56-44-38-53(39-45-56)60-27-15-28-63-61-23-12-13-29-64(61)68-66(60)63)55-42-36-52(37-43-55)59-26-14-25-58(51-20-8-3-9-21-51)65(59)62-24-11-10-22-57(62)50-18-6-2-7-19-50/h1-45H. The van der Waals surface area contributed by atoms with Crippen LogP contribution >= 0.6 is 0 Å². The van der Waals surface area contributed by atoms with Gasteiger partial charge in [-0.2, -0.15) is 0 Å². The minimum atomic E-state index is 0.899. The fourth-order valence-electron chi connectivity index (χ4n) is 9.80. The van der Waals surface area contributed by atoms with Gasteiger partial charge in [-0.1, -0.05) is 231 Å². The Kier molecular flexibility index (Phi) is 10.6. The molecule has 0 N–H and O–H groups in total. The smallest absolute Gasteiger partial charge is 0.143 e. The first-order valence-corrected chi connectivity index (χ1v) is 23.2. The molecular weight excluding hydrogens is 823 g/mol. The van der Waals surface area contributed by atoms with Crippen molar-refractivity contribution in [1.82, 2.24) is 0 Å². The highest BCUT2D eigenvalue weighted by molar-refractivity contribution is 6.09. The van der Waals surface area contributed by atoms with Gasteiger partial charge in [0.05, 0.1) is 0 Å². The van der Waals surface area contributed by atoms with Crippen molar-refractivity contribution in [3.8, 4) is 77.9 Å². The second-order valence-corrected chi connectivity index (χ2v) is 17.2. The summed E-state index contributed by atoms with van der Waals surface area (Å²) in [4.78, 5) is 2.35. The van der Waals surface area contributed by atoms with Crippen LogP contribution in [-0.4, -0.2) is 0 Å². The topological polar surface area (TPSA) is 16.4 Å². The predicted octanol–water partition coefficient (Wildman–Crippen LogP) is 18.7. The lowest BCUT2D eigenvalue weighted by atomic mass is 9.84. The maximum Gasteiger partial charge on any atom is 0.143 e. The Labute approximate surface area is 397 Å². The van der Waals surface area contributed by atoms with Gasteiger partial charge in [0.2, 0.25) is 0 Å². The highest BCUT2D eigenvalue weighted by atomic mass is 16.3. The molecule has 0 bridgehead atoms. The van der Waals surface area contributed by atoms with Gasteiger partial charge in [0.25, 0.3) is 0 Å². The van der Waals surface area contributed by atoms with E-state index in [1.807, 2.05) is 12.1 Å². The first kappa shape index (κ1) is 40.5. The fourth-order valence-corrected chi connectivity index (χ4v) is 9.80. The van der Waals surface area contributed by atoms with E-state index in [1.54, 1.807) is 0 Å². The van der Waals surface area contributed by atoms with Crippen molar-refractivity contribution >= 4 is 39.0 Å². The van der Waals surface area contributed by atoms with Crippen LogP contribution in [-0.2, 0) is 0 Å². The monoisotopic (exact) mass is 867 g/mol. The molecule has 68 heavy (non-hydrogen) atoms. The third kappa shape index (κ3) is 7.64. The molecule has 0 atom stereocenters. The van der Waals surface area contributed by atoms with Crippen LogP contribution < -0.4 is 4.90 Å². The zero-order valence-electron chi connectivity index (χ0n) is 37.3. The number of anilines is 3. The van der Waals surface area contributed by atoms with Gasteiger partial charge >= 0.3 is 0 Å². The van der Waals surface area contributed by atoms with Crippen LogP contribution in [0, 0.1) is 0 Å². The molecule has 12 aromatic rings. The van der Waals surface area contributed by atoms with E-state index in [0.717, 1.165) is 55.7 Å². The van der Waals surface area contributed by atoms with Crippen molar-refractivity contribution in [2.24, 2.45) is 0 Å². The molecule has 0 aliphatic carbocycles. The number of rotatable bonds is 10. The molecule has 0 aliphatic rings. The Morgan fingerprint density at radius 3 is 1.12 bits per heavy atom. The van der Waals surface area contributed by atoms with Gasteiger partial charge in [-0.15, -0.1) is 0 Å². The molecule has 11 aromatic carbocycles. The average Bonchev–Trinajstić information content (AvgIpc) is 3.81. The van der Waals surface area contributed by atoms with Crippen LogP contribution in [0.25, 0.3) is 99.8 Å². The van der Waals surface area contributed by atoms with Crippen LogP contribution in [0.5, 0.6) is 0 Å². The zero-order chi connectivity index (χ0) is 45.2. The van der Waals surface area contributed by atoms with Crippen molar-refractivity contribution in [1.29, 1.82) is 0 Å². The van der Waals surface area contributed by atoms with Crippen molar-refractivity contribution in [2.45, 2.75) is 0 Å². The number of benzene rings is 11. The van der Waals surface area contributed by atoms with Crippen molar-refractivity contribution < 1.29 is 4.42 Å².